The molecule has 6 N–H and O–H groups in total. The van der Waals surface area contributed by atoms with E-state index >= 15 is 0 Å². The van der Waals surface area contributed by atoms with Gasteiger partial charge >= 0.3 is 0 Å². The second kappa shape index (κ2) is 16.8. The molecule has 2 fully saturated rings. The number of ether oxygens (including phenoxy) is 1. The first-order chi connectivity index (χ1) is 17.4. The molecule has 0 bridgehead atoms. The minimum atomic E-state index is -1.63. The number of benzene rings is 1. The maximum atomic E-state index is 12.5. The summed E-state index contributed by atoms with van der Waals surface area (Å²) in [5.74, 6) is 1.91. The Balaban J connectivity index is 0.00000481. The Hall–Kier alpha value is -1.10. The minimum absolute atomic E-state index is 0. The summed E-state index contributed by atoms with van der Waals surface area (Å²) in [5.41, 5.74) is 0.945. The van der Waals surface area contributed by atoms with E-state index in [1.807, 2.05) is 24.3 Å². The van der Waals surface area contributed by atoms with Gasteiger partial charge in [0.25, 0.3) is 0 Å². The number of nitrogens with zero attached hydrogens (tertiary/aromatic N) is 2. The van der Waals surface area contributed by atoms with Crippen molar-refractivity contribution in [2.75, 3.05) is 52.5 Å². The molecule has 0 radical (unpaired) electrons. The fraction of sp³-hybridized carbons (Fsp3) is 0.731. The van der Waals surface area contributed by atoms with Crippen LogP contribution in [0.1, 0.15) is 31.2 Å². The molecule has 10 nitrogen and oxygen atoms in total. The van der Waals surface area contributed by atoms with E-state index in [-0.39, 0.29) is 39.4 Å². The van der Waals surface area contributed by atoms with E-state index in [1.54, 1.807) is 4.90 Å². The normalized spacial score (nSPS) is 19.9. The van der Waals surface area contributed by atoms with Gasteiger partial charge < -0.3 is 45.8 Å². The molecule has 0 aliphatic carbocycles. The number of amides is 1. The molecule has 11 heteroatoms. The predicted octanol–water partition coefficient (Wildman–Crippen LogP) is -0.347. The molecule has 0 spiro atoms. The van der Waals surface area contributed by atoms with Crippen molar-refractivity contribution >= 4 is 5.91 Å². The average molecular weight is 692 g/mol. The van der Waals surface area contributed by atoms with E-state index in [2.05, 4.69) is 10.6 Å². The number of piperidine rings is 1. The summed E-state index contributed by atoms with van der Waals surface area (Å²) in [4.78, 5) is 14.3. The Morgan fingerprint density at radius 1 is 1.03 bits per heavy atom. The van der Waals surface area contributed by atoms with E-state index < -0.39 is 31.0 Å². The van der Waals surface area contributed by atoms with E-state index in [1.165, 1.54) is 19.3 Å². The van der Waals surface area contributed by atoms with Crippen LogP contribution in [0.5, 0.6) is 5.75 Å². The van der Waals surface area contributed by atoms with Gasteiger partial charge in [0.05, 0.1) is 25.7 Å². The Labute approximate surface area is 233 Å². The average Bonchev–Trinajstić information content (AvgIpc) is 2.87. The molecule has 2 aliphatic rings. The molecule has 4 atom stereocenters. The molecule has 2 saturated heterocycles. The molecule has 0 unspecified atom stereocenters. The Bertz CT molecular complexity index is 776. The number of carbonyl (C=O) groups is 1. The summed E-state index contributed by atoms with van der Waals surface area (Å²) in [6, 6.07) is 7.70. The quantitative estimate of drug-likeness (QED) is 0.136. The minimum Gasteiger partial charge on any atom is -0.662 e. The molecule has 1 aromatic rings. The van der Waals surface area contributed by atoms with Gasteiger partial charge in [-0.25, -0.2) is 0 Å². The Morgan fingerprint density at radius 3 is 2.32 bits per heavy atom. The first-order valence-corrected chi connectivity index (χ1v) is 13.0. The maximum absolute atomic E-state index is 12.5. The molecule has 2 heterocycles. The maximum Gasteiger partial charge on any atom is 0.227 e. The molecule has 2 aliphatic heterocycles. The van der Waals surface area contributed by atoms with Gasteiger partial charge in [0.2, 0.25) is 5.91 Å². The zero-order chi connectivity index (χ0) is 25.9. The zero-order valence-corrected chi connectivity index (χ0v) is 24.3. The summed E-state index contributed by atoms with van der Waals surface area (Å²) < 4.78 is 5.85. The van der Waals surface area contributed by atoms with Crippen LogP contribution in [0, 0.1) is 11.8 Å². The van der Waals surface area contributed by atoms with Crippen LogP contribution in [-0.4, -0.2) is 113 Å². The van der Waals surface area contributed by atoms with Crippen LogP contribution in [-0.2, 0) is 32.3 Å². The summed E-state index contributed by atoms with van der Waals surface area (Å²) in [6.07, 6.45) is -1.04. The summed E-state index contributed by atoms with van der Waals surface area (Å²) in [7, 11) is 0. The molecular weight excluding hydrogens is 650 g/mol. The van der Waals surface area contributed by atoms with Crippen LogP contribution in [0.3, 0.4) is 0 Å². The van der Waals surface area contributed by atoms with Crippen LogP contribution in [0.15, 0.2) is 24.3 Å². The molecule has 210 valence electrons. The van der Waals surface area contributed by atoms with Gasteiger partial charge in [-0.15, -0.1) is 13.1 Å². The Kier molecular flexibility index (Phi) is 14.6. The van der Waals surface area contributed by atoms with Crippen molar-refractivity contribution in [3.63, 3.8) is 0 Å². The van der Waals surface area contributed by atoms with Gasteiger partial charge in [-0.3, -0.25) is 4.79 Å². The molecular formula is C26H42N3O7W-. The number of carbonyl (C=O) groups excluding carboxylic acids is 1. The van der Waals surface area contributed by atoms with Crippen LogP contribution in [0.2, 0.25) is 0 Å². The topological polar surface area (TPSA) is 157 Å². The van der Waals surface area contributed by atoms with Gasteiger partial charge in [-0.2, -0.15) is 0 Å². The summed E-state index contributed by atoms with van der Waals surface area (Å²) >= 11 is 0. The standard InChI is InChI=1S/C26H42N3O7.W/c30-17-23(32)26(35)25(34)22(31)14-28-13-20-15-29(16-20)24(33)12-19-3-5-21(6-4-19)36-11-1-2-18-7-9-27-10-8-18;/h3-6,18,20,22-23,25-26,28,30-32,34-35H,1-2,7-17H2;/q-1;/t22-,23+,25+,26+;/m0./s1. The fourth-order valence-corrected chi connectivity index (χ4v) is 4.67. The van der Waals surface area contributed by atoms with Crippen molar-refractivity contribution in [3.8, 4) is 5.75 Å². The third-order valence-electron chi connectivity index (χ3n) is 7.12. The van der Waals surface area contributed by atoms with E-state index in [9.17, 15) is 25.2 Å². The number of hydrogen-bond acceptors (Lipinski definition) is 8. The van der Waals surface area contributed by atoms with Crippen molar-refractivity contribution in [1.82, 2.24) is 10.2 Å². The Morgan fingerprint density at radius 2 is 1.68 bits per heavy atom. The summed E-state index contributed by atoms with van der Waals surface area (Å²) in [6.45, 7) is 3.80. The van der Waals surface area contributed by atoms with Crippen molar-refractivity contribution in [1.29, 1.82) is 0 Å². The predicted molar refractivity (Wildman–Crippen MR) is 135 cm³/mol. The molecule has 0 saturated carbocycles. The van der Waals surface area contributed by atoms with Gasteiger partial charge in [0, 0.05) is 53.2 Å². The smallest absolute Gasteiger partial charge is 0.227 e. The first-order valence-electron chi connectivity index (χ1n) is 13.0. The van der Waals surface area contributed by atoms with E-state index in [4.69, 9.17) is 9.84 Å². The number of nitrogens with one attached hydrogen (secondary N) is 1. The van der Waals surface area contributed by atoms with Gasteiger partial charge in [-0.1, -0.05) is 25.0 Å². The van der Waals surface area contributed by atoms with Crippen LogP contribution < -0.4 is 10.1 Å². The number of likely N-dealkylation sites (tertiary alicyclic amines) is 1. The van der Waals surface area contributed by atoms with Crippen molar-refractivity contribution < 1.29 is 56.1 Å². The molecule has 0 aromatic heterocycles. The van der Waals surface area contributed by atoms with Crippen molar-refractivity contribution in [2.45, 2.75) is 56.5 Å². The van der Waals surface area contributed by atoms with Crippen molar-refractivity contribution in [2.24, 2.45) is 11.8 Å². The van der Waals surface area contributed by atoms with Gasteiger partial charge in [0.15, 0.2) is 0 Å². The second-order valence-corrected chi connectivity index (χ2v) is 10.0. The SMILES string of the molecule is O=C(Cc1ccc(OCCCC2CC[N-]CC2)cc1)N1CC(CNC[C@H](O)[C@@H](O)[C@H](O)[C@H](O)CO)C1.[W]. The zero-order valence-electron chi connectivity index (χ0n) is 21.3. The van der Waals surface area contributed by atoms with E-state index in [0.29, 0.717) is 32.7 Å². The fourth-order valence-electron chi connectivity index (χ4n) is 4.67. The first kappa shape index (κ1) is 32.1. The van der Waals surface area contributed by atoms with Crippen LogP contribution in [0.4, 0.5) is 0 Å². The van der Waals surface area contributed by atoms with Crippen LogP contribution >= 0.6 is 0 Å². The number of aliphatic hydroxyl groups is 5. The van der Waals surface area contributed by atoms with Gasteiger partial charge in [-0.05, 0) is 36.5 Å². The number of aliphatic hydroxyl groups excluding tert-OH is 5. The molecule has 1 amide bonds. The monoisotopic (exact) mass is 692 g/mol. The van der Waals surface area contributed by atoms with Crippen molar-refractivity contribution in [3.05, 3.63) is 35.1 Å². The molecule has 1 aromatic carbocycles. The number of hydrogen-bond donors (Lipinski definition) is 6. The molecule has 37 heavy (non-hydrogen) atoms. The largest absolute Gasteiger partial charge is 0.662 e. The summed E-state index contributed by atoms with van der Waals surface area (Å²) in [5, 5.41) is 55.0. The molecule has 3 rings (SSSR count). The number of rotatable bonds is 15. The third kappa shape index (κ3) is 10.5. The second-order valence-electron chi connectivity index (χ2n) is 10.0. The van der Waals surface area contributed by atoms with Gasteiger partial charge in [0.1, 0.15) is 24.1 Å². The van der Waals surface area contributed by atoms with Crippen LogP contribution in [0.25, 0.3) is 5.32 Å². The van der Waals surface area contributed by atoms with E-state index in [0.717, 1.165) is 36.7 Å². The third-order valence-corrected chi connectivity index (χ3v) is 7.12.